The number of Topliss-reactive ketones (excluding diaryl/α,β-unsaturated/α-hetero) is 1. The predicted molar refractivity (Wildman–Crippen MR) is 94.3 cm³/mol. The first-order chi connectivity index (χ1) is 11.3. The maximum atomic E-state index is 13.1. The van der Waals surface area contributed by atoms with E-state index in [-0.39, 0.29) is 12.4 Å². The van der Waals surface area contributed by atoms with Crippen LogP contribution in [0.5, 0.6) is 0 Å². The average Bonchev–Trinajstić information content (AvgIpc) is 2.53. The number of ketones is 1. The van der Waals surface area contributed by atoms with Crippen molar-refractivity contribution in [3.8, 4) is 0 Å². The van der Waals surface area contributed by atoms with Gasteiger partial charge in [-0.2, -0.15) is 0 Å². The average molecular weight is 336 g/mol. The molecule has 2 atom stereocenters. The van der Waals surface area contributed by atoms with E-state index in [2.05, 4.69) is 16.7 Å². The molecule has 0 saturated heterocycles. The molecule has 0 radical (unpaired) electrons. The number of aliphatic imine (C=N–C) groups is 1. The Morgan fingerprint density at radius 3 is 2.62 bits per heavy atom. The molecule has 1 aliphatic rings. The van der Waals surface area contributed by atoms with Gasteiger partial charge in [0.25, 0.3) is 0 Å². The largest absolute Gasteiger partial charge is 0.468 e. The maximum Gasteiger partial charge on any atom is 0.316 e. The molecule has 24 heavy (non-hydrogen) atoms. The van der Waals surface area contributed by atoms with Crippen molar-refractivity contribution in [1.29, 1.82) is 0 Å². The lowest BCUT2D eigenvalue weighted by molar-refractivity contribution is -0.155. The first kappa shape index (κ1) is 20.1. The van der Waals surface area contributed by atoms with Crippen LogP contribution in [-0.4, -0.2) is 43.9 Å². The van der Waals surface area contributed by atoms with E-state index >= 15 is 0 Å². The highest BCUT2D eigenvalue weighted by Gasteiger charge is 2.52. The fourth-order valence-corrected chi connectivity index (χ4v) is 3.18. The Balaban J connectivity index is 3.30. The van der Waals surface area contributed by atoms with Crippen LogP contribution in [0.3, 0.4) is 0 Å². The summed E-state index contributed by atoms with van der Waals surface area (Å²) in [4.78, 5) is 34.9. The van der Waals surface area contributed by atoms with Crippen LogP contribution >= 0.6 is 0 Å². The number of rotatable bonds is 7. The van der Waals surface area contributed by atoms with Gasteiger partial charge in [0.2, 0.25) is 0 Å². The minimum absolute atomic E-state index is 0.215. The lowest BCUT2D eigenvalue weighted by Crippen LogP contribution is -2.52. The Labute approximate surface area is 144 Å². The Kier molecular flexibility index (Phi) is 7.32. The number of hydrogen-bond acceptors (Lipinski definition) is 6. The summed E-state index contributed by atoms with van der Waals surface area (Å²) in [5.41, 5.74) is 0.795. The molecule has 0 bridgehead atoms. The first-order valence-electron chi connectivity index (χ1n) is 8.20. The Hall–Kier alpha value is -1.98. The fraction of sp³-hybridized carbons (Fsp3) is 0.667. The highest BCUT2D eigenvalue weighted by Crippen LogP contribution is 2.41. The predicted octanol–water partition coefficient (Wildman–Crippen LogP) is 2.82. The number of nitrogens with zero attached hydrogens (tertiary/aromatic N) is 2. The summed E-state index contributed by atoms with van der Waals surface area (Å²) in [5, 5.41) is 4.13. The van der Waals surface area contributed by atoms with Crippen LogP contribution in [0.4, 0.5) is 0 Å². The van der Waals surface area contributed by atoms with E-state index in [1.807, 2.05) is 20.8 Å². The van der Waals surface area contributed by atoms with Gasteiger partial charge >= 0.3 is 5.97 Å². The van der Waals surface area contributed by atoms with E-state index in [9.17, 15) is 9.59 Å². The number of carbonyl (C=O) groups excluding carboxylic acids is 2. The normalized spacial score (nSPS) is 25.5. The quantitative estimate of drug-likeness (QED) is 0.179. The molecule has 6 heteroatoms. The van der Waals surface area contributed by atoms with Crippen LogP contribution in [0.25, 0.3) is 0 Å². The third-order valence-electron chi connectivity index (χ3n) is 4.26. The van der Waals surface area contributed by atoms with Crippen LogP contribution in [0.2, 0.25) is 0 Å². The van der Waals surface area contributed by atoms with E-state index in [1.165, 1.54) is 7.11 Å². The number of methoxy groups -OCH3 is 1. The molecule has 0 aromatic heterocycles. The Morgan fingerprint density at radius 2 is 2.12 bits per heavy atom. The summed E-state index contributed by atoms with van der Waals surface area (Å²) >= 11 is 0. The van der Waals surface area contributed by atoms with Gasteiger partial charge in [-0.3, -0.25) is 14.6 Å². The second-order valence-electron chi connectivity index (χ2n) is 6.59. The molecule has 0 N–H and O–H groups in total. The molecule has 6 nitrogen and oxygen atoms in total. The smallest absolute Gasteiger partial charge is 0.316 e. The molecule has 0 aromatic carbocycles. The molecule has 134 valence electrons. The van der Waals surface area contributed by atoms with Gasteiger partial charge in [0.05, 0.1) is 18.7 Å². The number of hydrogen-bond donors (Lipinski definition) is 0. The standard InChI is InChI=1S/C18H28N2O4/c1-7-9-12(20-24-10-8-2)14-13(19-5)11-18(3,4)15(16(14)21)17(22)23-6/h8,14-15H,2,7,9-11H2,1,3-6H3/b19-13?,20-12+/t14-,15-/m1/s1. The molecule has 1 rings (SSSR count). The van der Waals surface area contributed by atoms with E-state index in [4.69, 9.17) is 9.57 Å². The van der Waals surface area contributed by atoms with Crippen molar-refractivity contribution in [2.75, 3.05) is 20.8 Å². The van der Waals surface area contributed by atoms with Crippen LogP contribution in [-0.2, 0) is 19.2 Å². The van der Waals surface area contributed by atoms with Crippen LogP contribution in [0.1, 0.15) is 40.0 Å². The maximum absolute atomic E-state index is 13.1. The summed E-state index contributed by atoms with van der Waals surface area (Å²) in [7, 11) is 2.97. The lowest BCUT2D eigenvalue weighted by atomic mass is 9.62. The van der Waals surface area contributed by atoms with Gasteiger partial charge in [-0.1, -0.05) is 45.0 Å². The van der Waals surface area contributed by atoms with Crippen LogP contribution < -0.4 is 0 Å². The van der Waals surface area contributed by atoms with Crippen molar-refractivity contribution >= 4 is 23.2 Å². The van der Waals surface area contributed by atoms with Crippen molar-refractivity contribution < 1.29 is 19.2 Å². The molecule has 0 aliphatic heterocycles. The van der Waals surface area contributed by atoms with Gasteiger partial charge in [-0.15, -0.1) is 0 Å². The Bertz CT molecular complexity index is 549. The Morgan fingerprint density at radius 1 is 1.46 bits per heavy atom. The van der Waals surface area contributed by atoms with Gasteiger partial charge in [0.1, 0.15) is 12.5 Å². The number of carbonyl (C=O) groups is 2. The van der Waals surface area contributed by atoms with Gasteiger partial charge in [-0.25, -0.2) is 0 Å². The zero-order valence-electron chi connectivity index (χ0n) is 15.3. The van der Waals surface area contributed by atoms with Gasteiger partial charge in [0.15, 0.2) is 5.78 Å². The monoisotopic (exact) mass is 336 g/mol. The summed E-state index contributed by atoms with van der Waals surface area (Å²) in [5.74, 6) is -2.18. The molecule has 1 fully saturated rings. The van der Waals surface area contributed by atoms with Crippen molar-refractivity contribution in [2.45, 2.75) is 40.0 Å². The third kappa shape index (κ3) is 4.30. The molecule has 0 unspecified atom stereocenters. The second-order valence-corrected chi connectivity index (χ2v) is 6.59. The highest BCUT2D eigenvalue weighted by molar-refractivity contribution is 6.27. The first-order valence-corrected chi connectivity index (χ1v) is 8.20. The molecular weight excluding hydrogens is 308 g/mol. The number of oxime groups is 1. The zero-order valence-corrected chi connectivity index (χ0v) is 15.3. The van der Waals surface area contributed by atoms with Gasteiger partial charge in [0, 0.05) is 12.8 Å². The molecule has 1 saturated carbocycles. The molecule has 0 aromatic rings. The SMILES string of the molecule is C=CCO/N=C(\CCC)[C@H]1C(=O)[C@H](C(=O)OC)C(C)(C)CC1=NC. The molecule has 0 amide bonds. The van der Waals surface area contributed by atoms with E-state index in [0.717, 1.165) is 12.1 Å². The summed E-state index contributed by atoms with van der Waals surface area (Å²) < 4.78 is 4.87. The minimum Gasteiger partial charge on any atom is -0.468 e. The second kappa shape index (κ2) is 8.76. The van der Waals surface area contributed by atoms with E-state index in [1.54, 1.807) is 13.1 Å². The van der Waals surface area contributed by atoms with Crippen molar-refractivity contribution in [3.05, 3.63) is 12.7 Å². The number of ether oxygens (including phenoxy) is 1. The summed E-state index contributed by atoms with van der Waals surface area (Å²) in [6, 6.07) is 0. The molecule has 1 aliphatic carbocycles. The van der Waals surface area contributed by atoms with Crippen molar-refractivity contribution in [3.63, 3.8) is 0 Å². The molecule has 0 heterocycles. The van der Waals surface area contributed by atoms with Crippen LogP contribution in [0.15, 0.2) is 22.8 Å². The zero-order chi connectivity index (χ0) is 18.3. The van der Waals surface area contributed by atoms with E-state index < -0.39 is 23.2 Å². The van der Waals surface area contributed by atoms with Crippen molar-refractivity contribution in [1.82, 2.24) is 0 Å². The van der Waals surface area contributed by atoms with Crippen molar-refractivity contribution in [2.24, 2.45) is 27.4 Å². The van der Waals surface area contributed by atoms with Gasteiger partial charge < -0.3 is 9.57 Å². The number of esters is 1. The van der Waals surface area contributed by atoms with Crippen LogP contribution in [0, 0.1) is 17.3 Å². The topological polar surface area (TPSA) is 77.3 Å². The fourth-order valence-electron chi connectivity index (χ4n) is 3.18. The molecular formula is C18H28N2O4. The summed E-state index contributed by atoms with van der Waals surface area (Å²) in [6.07, 6.45) is 3.53. The third-order valence-corrected chi connectivity index (χ3v) is 4.26. The van der Waals surface area contributed by atoms with Gasteiger partial charge in [-0.05, 0) is 18.3 Å². The lowest BCUT2D eigenvalue weighted by Gasteiger charge is -2.40. The molecule has 0 spiro atoms. The van der Waals surface area contributed by atoms with E-state index in [0.29, 0.717) is 18.6 Å². The highest BCUT2D eigenvalue weighted by atomic mass is 16.6. The summed E-state index contributed by atoms with van der Waals surface area (Å²) in [6.45, 7) is 9.62. The minimum atomic E-state index is -0.834.